The molecule has 0 unspecified atom stereocenters. The minimum Gasteiger partial charge on any atom is -0.303 e. The van der Waals surface area contributed by atoms with Gasteiger partial charge in [0, 0.05) is 5.92 Å². The molecule has 0 N–H and O–H groups in total. The van der Waals surface area contributed by atoms with E-state index < -0.39 is 0 Å². The minimum atomic E-state index is 0.683. The Morgan fingerprint density at radius 1 is 1.06 bits per heavy atom. The van der Waals surface area contributed by atoms with Gasteiger partial charge in [-0.1, -0.05) is 34.6 Å². The molecule has 1 nitrogen and oxygen atoms in total. The number of rotatable bonds is 2. The van der Waals surface area contributed by atoms with Crippen LogP contribution in [0.4, 0.5) is 0 Å². The molecule has 0 spiro atoms. The Morgan fingerprint density at radius 3 is 1.94 bits per heavy atom. The molecule has 0 aliphatic carbocycles. The Morgan fingerprint density at radius 2 is 1.56 bits per heavy atom. The van der Waals surface area contributed by atoms with Crippen LogP contribution in [-0.2, 0) is 0 Å². The molecule has 0 bridgehead atoms. The summed E-state index contributed by atoms with van der Waals surface area (Å²) in [5.74, 6) is 6.97. The van der Waals surface area contributed by atoms with Gasteiger partial charge in [-0.3, -0.25) is 0 Å². The summed E-state index contributed by atoms with van der Waals surface area (Å²) < 4.78 is 0. The number of hydrogen-bond donors (Lipinski definition) is 0. The van der Waals surface area contributed by atoms with Crippen molar-refractivity contribution in [1.82, 2.24) is 4.90 Å². The van der Waals surface area contributed by atoms with Crippen LogP contribution >= 0.6 is 0 Å². The van der Waals surface area contributed by atoms with Crippen LogP contribution in [0, 0.1) is 17.8 Å². The Hall–Kier alpha value is -0.480. The Balaban J connectivity index is 0. The first-order valence-electron chi connectivity index (χ1n) is 7.01. The van der Waals surface area contributed by atoms with Crippen molar-refractivity contribution in [1.29, 1.82) is 0 Å². The zero-order chi connectivity index (χ0) is 12.8. The van der Waals surface area contributed by atoms with Crippen LogP contribution in [0.2, 0.25) is 0 Å². The van der Waals surface area contributed by atoms with E-state index in [1.54, 1.807) is 0 Å². The second-order valence-corrected chi connectivity index (χ2v) is 3.51. The van der Waals surface area contributed by atoms with E-state index in [1.807, 2.05) is 34.6 Å². The Kier molecular flexibility index (Phi) is 16.2. The smallest absolute Gasteiger partial charge is 0.0227 e. The van der Waals surface area contributed by atoms with Gasteiger partial charge in [-0.2, -0.15) is 0 Å². The van der Waals surface area contributed by atoms with Crippen molar-refractivity contribution in [2.45, 2.75) is 60.8 Å². The third-order valence-electron chi connectivity index (χ3n) is 2.48. The molecular weight excluding hydrogens is 194 g/mol. The van der Waals surface area contributed by atoms with Gasteiger partial charge in [-0.15, -0.1) is 11.8 Å². The SMILES string of the molecule is CC.CC.CC#CC1CCN(CCC)CC1. The summed E-state index contributed by atoms with van der Waals surface area (Å²) in [7, 11) is 0. The number of nitrogens with zero attached hydrogens (tertiary/aromatic N) is 1. The van der Waals surface area contributed by atoms with Gasteiger partial charge in [0.1, 0.15) is 0 Å². The topological polar surface area (TPSA) is 3.24 Å². The van der Waals surface area contributed by atoms with Crippen LogP contribution in [0.5, 0.6) is 0 Å². The first-order valence-corrected chi connectivity index (χ1v) is 7.01. The van der Waals surface area contributed by atoms with Gasteiger partial charge in [0.25, 0.3) is 0 Å². The van der Waals surface area contributed by atoms with Gasteiger partial charge in [0.2, 0.25) is 0 Å². The average molecular weight is 225 g/mol. The lowest BCUT2D eigenvalue weighted by Crippen LogP contribution is -2.33. The summed E-state index contributed by atoms with van der Waals surface area (Å²) in [6.07, 6.45) is 3.84. The van der Waals surface area contributed by atoms with Crippen molar-refractivity contribution in [3.63, 3.8) is 0 Å². The zero-order valence-corrected chi connectivity index (χ0v) is 12.3. The molecule has 1 fully saturated rings. The van der Waals surface area contributed by atoms with E-state index in [0.29, 0.717) is 5.92 Å². The lowest BCUT2D eigenvalue weighted by molar-refractivity contribution is 0.207. The second-order valence-electron chi connectivity index (χ2n) is 3.51. The minimum absolute atomic E-state index is 0.683. The number of piperidine rings is 1. The van der Waals surface area contributed by atoms with Gasteiger partial charge in [0.15, 0.2) is 0 Å². The molecule has 0 amide bonds. The standard InChI is InChI=1S/C11H19N.2C2H6/c1-3-5-11-6-9-12(8-4-2)10-7-11;2*1-2/h11H,4,6-10H2,1-2H3;2*1-2H3. The van der Waals surface area contributed by atoms with Gasteiger partial charge in [-0.05, 0) is 45.8 Å². The van der Waals surface area contributed by atoms with Gasteiger partial charge < -0.3 is 4.90 Å². The van der Waals surface area contributed by atoms with Crippen molar-refractivity contribution < 1.29 is 0 Å². The predicted molar refractivity (Wildman–Crippen MR) is 75.6 cm³/mol. The van der Waals surface area contributed by atoms with Crippen LogP contribution in [0.3, 0.4) is 0 Å². The maximum absolute atomic E-state index is 3.27. The molecule has 0 aromatic heterocycles. The molecule has 0 aromatic rings. The van der Waals surface area contributed by atoms with Crippen molar-refractivity contribution in [2.24, 2.45) is 5.92 Å². The van der Waals surface area contributed by atoms with E-state index in [4.69, 9.17) is 0 Å². The highest BCUT2D eigenvalue weighted by Gasteiger charge is 2.15. The van der Waals surface area contributed by atoms with Crippen molar-refractivity contribution >= 4 is 0 Å². The molecule has 1 aliphatic rings. The predicted octanol–water partition coefficient (Wildman–Crippen LogP) is 4.18. The fraction of sp³-hybridized carbons (Fsp3) is 0.867. The first-order chi connectivity index (χ1) is 7.86. The van der Waals surface area contributed by atoms with E-state index in [0.717, 1.165) is 0 Å². The summed E-state index contributed by atoms with van der Waals surface area (Å²) in [6, 6.07) is 0. The van der Waals surface area contributed by atoms with Crippen LogP contribution < -0.4 is 0 Å². The van der Waals surface area contributed by atoms with Gasteiger partial charge >= 0.3 is 0 Å². The lowest BCUT2D eigenvalue weighted by Gasteiger charge is -2.29. The zero-order valence-electron chi connectivity index (χ0n) is 12.3. The van der Waals surface area contributed by atoms with E-state index in [-0.39, 0.29) is 0 Å². The summed E-state index contributed by atoms with van der Waals surface area (Å²) in [5, 5.41) is 0. The molecule has 0 atom stereocenters. The van der Waals surface area contributed by atoms with E-state index in [9.17, 15) is 0 Å². The van der Waals surface area contributed by atoms with Crippen LogP contribution in [0.15, 0.2) is 0 Å². The van der Waals surface area contributed by atoms with Crippen LogP contribution in [0.25, 0.3) is 0 Å². The molecule has 96 valence electrons. The highest BCUT2D eigenvalue weighted by atomic mass is 15.1. The molecule has 0 saturated carbocycles. The molecule has 1 rings (SSSR count). The third kappa shape index (κ3) is 8.80. The summed E-state index contributed by atoms with van der Waals surface area (Å²) in [6.45, 7) is 16.0. The monoisotopic (exact) mass is 225 g/mol. The molecule has 0 aromatic carbocycles. The summed E-state index contributed by atoms with van der Waals surface area (Å²) in [4.78, 5) is 2.55. The molecule has 0 radical (unpaired) electrons. The Bertz CT molecular complexity index is 168. The number of hydrogen-bond acceptors (Lipinski definition) is 1. The fourth-order valence-corrected chi connectivity index (χ4v) is 1.82. The van der Waals surface area contributed by atoms with Crippen molar-refractivity contribution in [3.8, 4) is 11.8 Å². The van der Waals surface area contributed by atoms with Gasteiger partial charge in [-0.25, -0.2) is 0 Å². The molecule has 1 heteroatoms. The molecular formula is C15H31N. The second kappa shape index (κ2) is 14.5. The largest absolute Gasteiger partial charge is 0.303 e. The highest BCUT2D eigenvalue weighted by Crippen LogP contribution is 2.15. The van der Waals surface area contributed by atoms with Gasteiger partial charge in [0.05, 0.1) is 0 Å². The first kappa shape index (κ1) is 17.9. The third-order valence-corrected chi connectivity index (χ3v) is 2.48. The molecule has 1 heterocycles. The van der Waals surface area contributed by atoms with Crippen molar-refractivity contribution in [2.75, 3.05) is 19.6 Å². The lowest BCUT2D eigenvalue weighted by atomic mass is 9.97. The van der Waals surface area contributed by atoms with Crippen molar-refractivity contribution in [3.05, 3.63) is 0 Å². The van der Waals surface area contributed by atoms with E-state index in [2.05, 4.69) is 23.7 Å². The molecule has 16 heavy (non-hydrogen) atoms. The van der Waals surface area contributed by atoms with Crippen LogP contribution in [-0.4, -0.2) is 24.5 Å². The number of likely N-dealkylation sites (tertiary alicyclic amines) is 1. The fourth-order valence-electron chi connectivity index (χ4n) is 1.82. The van der Waals surface area contributed by atoms with E-state index >= 15 is 0 Å². The average Bonchev–Trinajstić information content (AvgIpc) is 2.37. The summed E-state index contributed by atoms with van der Waals surface area (Å²) in [5.41, 5.74) is 0. The Labute approximate surface area is 104 Å². The molecule has 1 saturated heterocycles. The van der Waals surface area contributed by atoms with Crippen LogP contribution in [0.1, 0.15) is 60.8 Å². The maximum Gasteiger partial charge on any atom is 0.0227 e. The summed E-state index contributed by atoms with van der Waals surface area (Å²) >= 11 is 0. The maximum atomic E-state index is 3.27. The van der Waals surface area contributed by atoms with E-state index in [1.165, 1.54) is 38.9 Å². The highest BCUT2D eigenvalue weighted by molar-refractivity contribution is 5.02. The molecule has 1 aliphatic heterocycles. The normalized spacial score (nSPS) is 15.9. The quantitative estimate of drug-likeness (QED) is 0.637.